The third-order valence-electron chi connectivity index (χ3n) is 5.32. The van der Waals surface area contributed by atoms with Gasteiger partial charge in [0.15, 0.2) is 5.11 Å². The van der Waals surface area contributed by atoms with E-state index in [1.54, 1.807) is 11.3 Å². The monoisotopic (exact) mass is 465 g/mol. The maximum absolute atomic E-state index is 11.9. The highest BCUT2D eigenvalue weighted by molar-refractivity contribution is 7.80. The Balaban J connectivity index is 1.51. The number of amides is 1. The zero-order chi connectivity index (χ0) is 21.5. The number of carbonyl (C=O) groups excluding carboxylic acids is 1. The molecule has 1 aromatic carbocycles. The summed E-state index contributed by atoms with van der Waals surface area (Å²) in [6, 6.07) is 14.2. The van der Waals surface area contributed by atoms with Gasteiger partial charge in [-0.25, -0.2) is 4.98 Å². The summed E-state index contributed by atoms with van der Waals surface area (Å²) in [6.07, 6.45) is 0. The van der Waals surface area contributed by atoms with Crippen LogP contribution in [-0.4, -0.2) is 20.9 Å². The molecule has 5 N–H and O–H groups in total. The second-order valence-electron chi connectivity index (χ2n) is 7.28. The van der Waals surface area contributed by atoms with E-state index in [4.69, 9.17) is 28.7 Å². The van der Waals surface area contributed by atoms with Crippen molar-refractivity contribution in [1.29, 1.82) is 0 Å². The summed E-state index contributed by atoms with van der Waals surface area (Å²) >= 11 is 8.57. The number of pyridine rings is 1. The zero-order valence-electron chi connectivity index (χ0n) is 16.4. The van der Waals surface area contributed by atoms with Crippen molar-refractivity contribution in [2.45, 2.75) is 19.6 Å². The van der Waals surface area contributed by atoms with E-state index in [0.29, 0.717) is 35.3 Å². The molecule has 0 saturated carbocycles. The minimum Gasteiger partial charge on any atom is -0.397 e. The highest BCUT2D eigenvalue weighted by Gasteiger charge is 2.30. The third kappa shape index (κ3) is 3.54. The Morgan fingerprint density at radius 2 is 2.00 bits per heavy atom. The smallest absolute Gasteiger partial charge is 0.260 e. The quantitative estimate of drug-likeness (QED) is 0.393. The highest BCUT2D eigenvalue weighted by atomic mass is 32.1. The molecule has 6 nitrogen and oxygen atoms in total. The summed E-state index contributed by atoms with van der Waals surface area (Å²) in [5, 5.41) is 6.88. The average molecular weight is 466 g/mol. The molecule has 0 fully saturated rings. The second-order valence-corrected chi connectivity index (χ2v) is 9.61. The normalized spacial score (nSPS) is 12.8. The van der Waals surface area contributed by atoms with Gasteiger partial charge in [0.2, 0.25) is 0 Å². The first-order chi connectivity index (χ1) is 15.0. The molecular weight excluding hydrogens is 446 g/mol. The molecule has 5 rings (SSSR count). The number of thiocarbonyl (C=S) groups is 1. The van der Waals surface area contributed by atoms with Crippen molar-refractivity contribution in [3.63, 3.8) is 0 Å². The number of aromatic nitrogens is 1. The van der Waals surface area contributed by atoms with Gasteiger partial charge < -0.3 is 21.7 Å². The van der Waals surface area contributed by atoms with Crippen LogP contribution in [0.25, 0.3) is 20.7 Å². The Morgan fingerprint density at radius 3 is 2.71 bits per heavy atom. The van der Waals surface area contributed by atoms with Gasteiger partial charge >= 0.3 is 0 Å². The first kappa shape index (κ1) is 19.9. The number of nitrogen functional groups attached to an aromatic ring is 1. The molecule has 0 bridgehead atoms. The van der Waals surface area contributed by atoms with Crippen LogP contribution in [0.5, 0.6) is 0 Å². The van der Waals surface area contributed by atoms with Gasteiger partial charge in [-0.1, -0.05) is 36.4 Å². The van der Waals surface area contributed by atoms with Crippen molar-refractivity contribution >= 4 is 61.8 Å². The zero-order valence-corrected chi connectivity index (χ0v) is 18.9. The second kappa shape index (κ2) is 7.92. The molecule has 156 valence electrons. The highest BCUT2D eigenvalue weighted by Crippen LogP contribution is 2.45. The first-order valence-electron chi connectivity index (χ1n) is 9.67. The number of hydrogen-bond donors (Lipinski definition) is 3. The standard InChI is InChI=1S/C22H19N5OS3/c23-18-17-16(15-7-4-8-30-15)13-10-27(22(29)25-9-12-5-2-1-3-6-12)11-14(13)26-21(17)31-19(18)20(24)28/h1-8H,9-11,23H2,(H2,24,28)(H,25,29). The number of nitrogens with one attached hydrogen (secondary N) is 1. The van der Waals surface area contributed by atoms with Crippen LogP contribution in [0.2, 0.25) is 0 Å². The van der Waals surface area contributed by atoms with Crippen molar-refractivity contribution in [3.8, 4) is 10.4 Å². The van der Waals surface area contributed by atoms with Gasteiger partial charge in [-0.3, -0.25) is 4.79 Å². The molecule has 3 aromatic heterocycles. The number of thiophene rings is 2. The molecular formula is C22H19N5OS3. The number of rotatable bonds is 4. The van der Waals surface area contributed by atoms with E-state index in [-0.39, 0.29) is 0 Å². The Bertz CT molecular complexity index is 1300. The van der Waals surface area contributed by atoms with Gasteiger partial charge in [-0.05, 0) is 29.2 Å². The fraction of sp³-hybridized carbons (Fsp3) is 0.136. The molecule has 9 heteroatoms. The van der Waals surface area contributed by atoms with E-state index in [2.05, 4.69) is 28.4 Å². The molecule has 0 atom stereocenters. The van der Waals surface area contributed by atoms with Crippen LogP contribution >= 0.6 is 34.9 Å². The fourth-order valence-electron chi connectivity index (χ4n) is 3.87. The summed E-state index contributed by atoms with van der Waals surface area (Å²) in [6.45, 7) is 1.91. The Labute approximate surface area is 192 Å². The largest absolute Gasteiger partial charge is 0.397 e. The van der Waals surface area contributed by atoms with E-state index < -0.39 is 5.91 Å². The van der Waals surface area contributed by atoms with E-state index in [1.165, 1.54) is 16.9 Å². The van der Waals surface area contributed by atoms with Crippen molar-refractivity contribution in [2.24, 2.45) is 5.73 Å². The first-order valence-corrected chi connectivity index (χ1v) is 11.8. The number of anilines is 1. The van der Waals surface area contributed by atoms with Crippen LogP contribution in [0.3, 0.4) is 0 Å². The lowest BCUT2D eigenvalue weighted by Crippen LogP contribution is -2.35. The number of primary amides is 1. The molecule has 31 heavy (non-hydrogen) atoms. The predicted octanol–water partition coefficient (Wildman–Crippen LogP) is 4.10. The van der Waals surface area contributed by atoms with E-state index in [1.807, 2.05) is 29.6 Å². The minimum atomic E-state index is -0.522. The van der Waals surface area contributed by atoms with E-state index >= 15 is 0 Å². The van der Waals surface area contributed by atoms with Gasteiger partial charge in [0.1, 0.15) is 9.71 Å². The Kier molecular flexibility index (Phi) is 5.09. The number of benzene rings is 1. The topological polar surface area (TPSA) is 97.3 Å². The van der Waals surface area contributed by atoms with Crippen LogP contribution < -0.4 is 16.8 Å². The number of hydrogen-bond acceptors (Lipinski definition) is 6. The summed E-state index contributed by atoms with van der Waals surface area (Å²) in [7, 11) is 0. The average Bonchev–Trinajstić information content (AvgIpc) is 3.50. The van der Waals surface area contributed by atoms with Crippen LogP contribution in [0.1, 0.15) is 26.5 Å². The Hall–Kier alpha value is -3.01. The molecule has 0 aliphatic carbocycles. The predicted molar refractivity (Wildman–Crippen MR) is 131 cm³/mol. The summed E-state index contributed by atoms with van der Waals surface area (Å²) < 4.78 is 0. The maximum atomic E-state index is 11.9. The van der Waals surface area contributed by atoms with Crippen LogP contribution in [0.15, 0.2) is 47.8 Å². The van der Waals surface area contributed by atoms with Crippen molar-refractivity contribution in [2.75, 3.05) is 5.73 Å². The van der Waals surface area contributed by atoms with Crippen molar-refractivity contribution < 1.29 is 4.79 Å². The molecule has 1 aliphatic rings. The van der Waals surface area contributed by atoms with E-state index in [0.717, 1.165) is 31.9 Å². The number of nitrogens with two attached hydrogens (primary N) is 2. The number of carbonyl (C=O) groups is 1. The van der Waals surface area contributed by atoms with Gasteiger partial charge in [-0.15, -0.1) is 22.7 Å². The molecule has 4 heterocycles. The van der Waals surface area contributed by atoms with E-state index in [9.17, 15) is 4.79 Å². The number of fused-ring (bicyclic) bond motifs is 2. The molecule has 4 aromatic rings. The van der Waals surface area contributed by atoms with Crippen molar-refractivity contribution in [1.82, 2.24) is 15.2 Å². The van der Waals surface area contributed by atoms with Gasteiger partial charge in [0, 0.05) is 34.5 Å². The molecule has 0 saturated heterocycles. The summed E-state index contributed by atoms with van der Waals surface area (Å²) in [4.78, 5) is 21.0. The van der Waals surface area contributed by atoms with Gasteiger partial charge in [0.05, 0.1) is 17.9 Å². The molecule has 0 radical (unpaired) electrons. The van der Waals surface area contributed by atoms with Crippen LogP contribution in [0, 0.1) is 0 Å². The maximum Gasteiger partial charge on any atom is 0.260 e. The van der Waals surface area contributed by atoms with Gasteiger partial charge in [0.25, 0.3) is 5.91 Å². The summed E-state index contributed by atoms with van der Waals surface area (Å²) in [5.41, 5.74) is 16.6. The third-order valence-corrected chi connectivity index (χ3v) is 7.72. The molecule has 0 spiro atoms. The lowest BCUT2D eigenvalue weighted by atomic mass is 10.0. The molecule has 1 amide bonds. The van der Waals surface area contributed by atoms with Crippen molar-refractivity contribution in [3.05, 3.63) is 69.5 Å². The molecule has 0 unspecified atom stereocenters. The minimum absolute atomic E-state index is 0.362. The number of nitrogens with zero attached hydrogens (tertiary/aromatic N) is 2. The Morgan fingerprint density at radius 1 is 1.19 bits per heavy atom. The van der Waals surface area contributed by atoms with Crippen LogP contribution in [0.4, 0.5) is 5.69 Å². The van der Waals surface area contributed by atoms with Crippen LogP contribution in [-0.2, 0) is 19.6 Å². The summed E-state index contributed by atoms with van der Waals surface area (Å²) in [5.74, 6) is -0.522. The SMILES string of the molecule is NC(=O)c1sc2nc3c(c(-c4cccs4)c2c1N)CN(C(=S)NCc1ccccc1)C3. The van der Waals surface area contributed by atoms with Gasteiger partial charge in [-0.2, -0.15) is 0 Å². The molecule has 1 aliphatic heterocycles. The fourth-order valence-corrected chi connectivity index (χ4v) is 5.85. The lowest BCUT2D eigenvalue weighted by Gasteiger charge is -2.19. The lowest BCUT2D eigenvalue weighted by molar-refractivity contribution is 0.100.